The maximum absolute atomic E-state index is 12.9. The number of rotatable bonds is 4. The zero-order valence-electron chi connectivity index (χ0n) is 17.3. The smallest absolute Gasteiger partial charge is 0.259 e. The third-order valence-electron chi connectivity index (χ3n) is 5.35. The lowest BCUT2D eigenvalue weighted by molar-refractivity contribution is 0.0682. The summed E-state index contributed by atoms with van der Waals surface area (Å²) in [6, 6.07) is 3.71. The topological polar surface area (TPSA) is 89.9 Å². The van der Waals surface area contributed by atoms with E-state index in [0.717, 1.165) is 30.8 Å². The molecule has 0 saturated carbocycles. The van der Waals surface area contributed by atoms with Gasteiger partial charge in [-0.2, -0.15) is 10.1 Å². The van der Waals surface area contributed by atoms with Crippen LogP contribution in [0.5, 0.6) is 0 Å². The molecule has 0 bridgehead atoms. The molecule has 8 heteroatoms. The summed E-state index contributed by atoms with van der Waals surface area (Å²) in [5.74, 6) is 2.54. The molecule has 0 aromatic carbocycles. The number of hydrogen-bond donors (Lipinski definition) is 0. The lowest BCUT2D eigenvalue weighted by Crippen LogP contribution is -2.39. The average molecular weight is 394 g/mol. The van der Waals surface area contributed by atoms with E-state index in [1.165, 1.54) is 6.42 Å². The van der Waals surface area contributed by atoms with Crippen LogP contribution in [0.4, 0.5) is 0 Å². The fourth-order valence-corrected chi connectivity index (χ4v) is 3.62. The van der Waals surface area contributed by atoms with E-state index in [1.54, 1.807) is 17.1 Å². The predicted molar refractivity (Wildman–Crippen MR) is 108 cm³/mol. The van der Waals surface area contributed by atoms with Gasteiger partial charge in [0.25, 0.3) is 11.8 Å². The molecule has 1 amide bonds. The van der Waals surface area contributed by atoms with Crippen LogP contribution >= 0.6 is 0 Å². The molecule has 1 aliphatic rings. The molecule has 152 valence electrons. The lowest BCUT2D eigenvalue weighted by atomic mass is 9.99. The standard InChI is InChI=1S/C21H26N6O2/c1-13(2)19-24-20(29-25-19)16-7-8-18(22-10-16)27-15(4)17(11-23-27)21(28)26-9-5-6-14(3)12-26/h7-8,10-11,13-14H,5-6,9,12H2,1-4H3. The molecule has 29 heavy (non-hydrogen) atoms. The summed E-state index contributed by atoms with van der Waals surface area (Å²) in [5, 5.41) is 8.39. The van der Waals surface area contributed by atoms with Crippen molar-refractivity contribution < 1.29 is 9.32 Å². The van der Waals surface area contributed by atoms with Crippen LogP contribution in [0, 0.1) is 12.8 Å². The molecular formula is C21H26N6O2. The number of nitrogens with zero attached hydrogens (tertiary/aromatic N) is 6. The summed E-state index contributed by atoms with van der Waals surface area (Å²) in [6.45, 7) is 9.73. The molecule has 1 atom stereocenters. The number of likely N-dealkylation sites (tertiary alicyclic amines) is 1. The van der Waals surface area contributed by atoms with Gasteiger partial charge in [-0.25, -0.2) is 9.67 Å². The molecule has 1 aliphatic heterocycles. The second-order valence-corrected chi connectivity index (χ2v) is 8.07. The molecule has 1 unspecified atom stereocenters. The summed E-state index contributed by atoms with van der Waals surface area (Å²) in [4.78, 5) is 23.7. The van der Waals surface area contributed by atoms with Crippen molar-refractivity contribution >= 4 is 5.91 Å². The largest absolute Gasteiger partial charge is 0.338 e. The van der Waals surface area contributed by atoms with Crippen LogP contribution < -0.4 is 0 Å². The molecule has 1 saturated heterocycles. The molecular weight excluding hydrogens is 368 g/mol. The SMILES string of the molecule is Cc1c(C(=O)N2CCCC(C)C2)cnn1-c1ccc(-c2nc(C(C)C)no2)cn1. The Labute approximate surface area is 169 Å². The summed E-state index contributed by atoms with van der Waals surface area (Å²) in [5.41, 5.74) is 2.16. The second kappa shape index (κ2) is 7.77. The first-order chi connectivity index (χ1) is 13.9. The quantitative estimate of drug-likeness (QED) is 0.671. The Kier molecular flexibility index (Phi) is 5.17. The van der Waals surface area contributed by atoms with Gasteiger partial charge in [-0.05, 0) is 37.8 Å². The van der Waals surface area contributed by atoms with E-state index in [0.29, 0.717) is 29.0 Å². The third kappa shape index (κ3) is 3.79. The zero-order valence-corrected chi connectivity index (χ0v) is 17.3. The van der Waals surface area contributed by atoms with Crippen molar-refractivity contribution in [1.82, 2.24) is 29.8 Å². The Morgan fingerprint density at radius 2 is 2.10 bits per heavy atom. The van der Waals surface area contributed by atoms with Gasteiger partial charge in [0, 0.05) is 25.2 Å². The molecule has 0 radical (unpaired) electrons. The van der Waals surface area contributed by atoms with Gasteiger partial charge in [0.2, 0.25) is 0 Å². The minimum Gasteiger partial charge on any atom is -0.338 e. The molecule has 3 aromatic rings. The highest BCUT2D eigenvalue weighted by Crippen LogP contribution is 2.22. The molecule has 1 fully saturated rings. The van der Waals surface area contributed by atoms with Crippen LogP contribution in [0.15, 0.2) is 29.0 Å². The maximum Gasteiger partial charge on any atom is 0.259 e. The highest BCUT2D eigenvalue weighted by Gasteiger charge is 2.25. The lowest BCUT2D eigenvalue weighted by Gasteiger charge is -2.30. The van der Waals surface area contributed by atoms with Crippen molar-refractivity contribution in [3.8, 4) is 17.3 Å². The van der Waals surface area contributed by atoms with Gasteiger partial charge >= 0.3 is 0 Å². The van der Waals surface area contributed by atoms with E-state index < -0.39 is 0 Å². The van der Waals surface area contributed by atoms with Crippen LogP contribution in [0.2, 0.25) is 0 Å². The number of hydrogen-bond acceptors (Lipinski definition) is 6. The Balaban J connectivity index is 1.55. The van der Waals surface area contributed by atoms with E-state index >= 15 is 0 Å². The minimum absolute atomic E-state index is 0.0454. The summed E-state index contributed by atoms with van der Waals surface area (Å²) >= 11 is 0. The number of carbonyl (C=O) groups excluding carboxylic acids is 1. The van der Waals surface area contributed by atoms with Crippen molar-refractivity contribution in [1.29, 1.82) is 0 Å². The molecule has 8 nitrogen and oxygen atoms in total. The fourth-order valence-electron chi connectivity index (χ4n) is 3.62. The van der Waals surface area contributed by atoms with Gasteiger partial charge in [-0.1, -0.05) is 25.9 Å². The van der Waals surface area contributed by atoms with Crippen molar-refractivity contribution in [3.63, 3.8) is 0 Å². The summed E-state index contributed by atoms with van der Waals surface area (Å²) in [6.07, 6.45) is 5.55. The fraction of sp³-hybridized carbons (Fsp3) is 0.476. The van der Waals surface area contributed by atoms with E-state index in [9.17, 15) is 4.79 Å². The van der Waals surface area contributed by atoms with Gasteiger partial charge < -0.3 is 9.42 Å². The van der Waals surface area contributed by atoms with Gasteiger partial charge in [-0.3, -0.25) is 4.79 Å². The van der Waals surface area contributed by atoms with E-state index in [-0.39, 0.29) is 11.8 Å². The molecule has 0 spiro atoms. The van der Waals surface area contributed by atoms with Crippen LogP contribution in [0.1, 0.15) is 61.4 Å². The highest BCUT2D eigenvalue weighted by atomic mass is 16.5. The molecule has 0 N–H and O–H groups in total. The number of pyridine rings is 1. The minimum atomic E-state index is 0.0454. The first kappa shape index (κ1) is 19.3. The Bertz CT molecular complexity index is 1000. The van der Waals surface area contributed by atoms with Crippen molar-refractivity contribution in [2.75, 3.05) is 13.1 Å². The number of piperidine rings is 1. The summed E-state index contributed by atoms with van der Waals surface area (Å²) in [7, 11) is 0. The maximum atomic E-state index is 12.9. The summed E-state index contributed by atoms with van der Waals surface area (Å²) < 4.78 is 7.01. The second-order valence-electron chi connectivity index (χ2n) is 8.07. The van der Waals surface area contributed by atoms with Crippen LogP contribution in [0.25, 0.3) is 17.3 Å². The van der Waals surface area contributed by atoms with E-state index in [2.05, 4.69) is 27.1 Å². The third-order valence-corrected chi connectivity index (χ3v) is 5.35. The van der Waals surface area contributed by atoms with Gasteiger partial charge in [0.1, 0.15) is 0 Å². The van der Waals surface area contributed by atoms with Gasteiger partial charge in [-0.15, -0.1) is 0 Å². The van der Waals surface area contributed by atoms with Crippen molar-refractivity contribution in [3.05, 3.63) is 41.6 Å². The number of carbonyl (C=O) groups is 1. The molecule has 4 heterocycles. The van der Waals surface area contributed by atoms with Gasteiger partial charge in [0.05, 0.1) is 23.0 Å². The Hall–Kier alpha value is -3.03. The first-order valence-electron chi connectivity index (χ1n) is 10.1. The van der Waals surface area contributed by atoms with Crippen LogP contribution in [0.3, 0.4) is 0 Å². The first-order valence-corrected chi connectivity index (χ1v) is 10.1. The van der Waals surface area contributed by atoms with E-state index in [1.807, 2.05) is 37.8 Å². The molecule has 3 aromatic heterocycles. The Morgan fingerprint density at radius 3 is 2.76 bits per heavy atom. The molecule has 0 aliphatic carbocycles. The van der Waals surface area contributed by atoms with E-state index in [4.69, 9.17) is 4.52 Å². The highest BCUT2D eigenvalue weighted by molar-refractivity contribution is 5.95. The van der Waals surface area contributed by atoms with Gasteiger partial charge in [0.15, 0.2) is 11.6 Å². The van der Waals surface area contributed by atoms with Crippen LogP contribution in [-0.2, 0) is 0 Å². The number of aromatic nitrogens is 5. The van der Waals surface area contributed by atoms with Crippen molar-refractivity contribution in [2.24, 2.45) is 5.92 Å². The predicted octanol–water partition coefficient (Wildman–Crippen LogP) is 3.62. The monoisotopic (exact) mass is 394 g/mol. The normalized spacial score (nSPS) is 17.1. The Morgan fingerprint density at radius 1 is 1.28 bits per heavy atom. The van der Waals surface area contributed by atoms with Crippen LogP contribution in [-0.4, -0.2) is 48.8 Å². The zero-order chi connectivity index (χ0) is 20.5. The number of amides is 1. The van der Waals surface area contributed by atoms with Crippen molar-refractivity contribution in [2.45, 2.75) is 46.5 Å². The molecule has 4 rings (SSSR count). The average Bonchev–Trinajstić information content (AvgIpc) is 3.35.